The second kappa shape index (κ2) is 5.23. The first-order chi connectivity index (χ1) is 6.69. The minimum absolute atomic E-state index is 0.0882. The smallest absolute Gasteiger partial charge is 0.0595 e. The molecule has 1 atom stereocenters. The molecule has 14 heavy (non-hydrogen) atoms. The fraction of sp³-hybridized carbons (Fsp3) is 0.200. The van der Waals surface area contributed by atoms with Crippen molar-refractivity contribution in [2.75, 3.05) is 0 Å². The second-order valence-electron chi connectivity index (χ2n) is 2.80. The normalized spacial score (nSPS) is 12.1. The lowest BCUT2D eigenvalue weighted by molar-refractivity contribution is 0.568. The maximum atomic E-state index is 5.86. The molecule has 0 heterocycles. The van der Waals surface area contributed by atoms with E-state index in [-0.39, 0.29) is 6.04 Å². The van der Waals surface area contributed by atoms with E-state index in [4.69, 9.17) is 35.5 Å². The predicted octanol–water partition coefficient (Wildman–Crippen LogP) is 2.52. The SMILES string of the molecule is C#CCC(NN)c1ccc(Cl)c(Cl)c1. The lowest BCUT2D eigenvalue weighted by atomic mass is 10.1. The molecule has 0 fully saturated rings. The van der Waals surface area contributed by atoms with Gasteiger partial charge in [0, 0.05) is 6.42 Å². The van der Waals surface area contributed by atoms with Crippen LogP contribution >= 0.6 is 23.2 Å². The molecule has 74 valence electrons. The third-order valence-corrected chi connectivity index (χ3v) is 2.61. The van der Waals surface area contributed by atoms with E-state index in [1.54, 1.807) is 12.1 Å². The zero-order valence-corrected chi connectivity index (χ0v) is 8.94. The van der Waals surface area contributed by atoms with Crippen LogP contribution in [0.25, 0.3) is 0 Å². The van der Waals surface area contributed by atoms with Gasteiger partial charge in [-0.25, -0.2) is 0 Å². The van der Waals surface area contributed by atoms with Crippen LogP contribution in [0.1, 0.15) is 18.0 Å². The van der Waals surface area contributed by atoms with Crippen LogP contribution in [0, 0.1) is 12.3 Å². The van der Waals surface area contributed by atoms with E-state index in [0.717, 1.165) is 5.56 Å². The number of nitrogens with two attached hydrogens (primary N) is 1. The zero-order valence-electron chi connectivity index (χ0n) is 7.43. The van der Waals surface area contributed by atoms with Crippen LogP contribution < -0.4 is 11.3 Å². The van der Waals surface area contributed by atoms with Gasteiger partial charge in [0.15, 0.2) is 0 Å². The Bertz CT molecular complexity index is 358. The maximum Gasteiger partial charge on any atom is 0.0595 e. The number of hydrogen-bond acceptors (Lipinski definition) is 2. The van der Waals surface area contributed by atoms with Gasteiger partial charge >= 0.3 is 0 Å². The van der Waals surface area contributed by atoms with Gasteiger partial charge in [-0.15, -0.1) is 12.3 Å². The van der Waals surface area contributed by atoms with E-state index in [2.05, 4.69) is 11.3 Å². The Hall–Kier alpha value is -0.720. The number of benzene rings is 1. The number of hydrogen-bond donors (Lipinski definition) is 2. The van der Waals surface area contributed by atoms with Crippen molar-refractivity contribution in [2.45, 2.75) is 12.5 Å². The molecular weight excluding hydrogens is 219 g/mol. The molecule has 0 aliphatic heterocycles. The van der Waals surface area contributed by atoms with Crippen LogP contribution in [0.2, 0.25) is 10.0 Å². The summed E-state index contributed by atoms with van der Waals surface area (Å²) < 4.78 is 0. The molecule has 0 amide bonds. The minimum Gasteiger partial charge on any atom is -0.271 e. The fourth-order valence-electron chi connectivity index (χ4n) is 1.12. The highest BCUT2D eigenvalue weighted by molar-refractivity contribution is 6.42. The molecule has 0 radical (unpaired) electrons. The lowest BCUT2D eigenvalue weighted by Gasteiger charge is -2.13. The first-order valence-corrected chi connectivity index (χ1v) is 4.79. The predicted molar refractivity (Wildman–Crippen MR) is 60.0 cm³/mol. The van der Waals surface area contributed by atoms with Crippen LogP contribution in [0.15, 0.2) is 18.2 Å². The number of halogens is 2. The molecule has 1 rings (SSSR count). The molecule has 1 unspecified atom stereocenters. The summed E-state index contributed by atoms with van der Waals surface area (Å²) in [5.41, 5.74) is 3.55. The molecule has 0 aliphatic carbocycles. The summed E-state index contributed by atoms with van der Waals surface area (Å²) in [6.07, 6.45) is 5.71. The van der Waals surface area contributed by atoms with Crippen molar-refractivity contribution in [1.29, 1.82) is 0 Å². The quantitative estimate of drug-likeness (QED) is 0.474. The van der Waals surface area contributed by atoms with Crippen molar-refractivity contribution in [3.63, 3.8) is 0 Å². The molecule has 0 bridgehead atoms. The van der Waals surface area contributed by atoms with Crippen molar-refractivity contribution in [1.82, 2.24) is 5.43 Å². The third-order valence-electron chi connectivity index (χ3n) is 1.87. The Balaban J connectivity index is 2.95. The molecule has 3 N–H and O–H groups in total. The summed E-state index contributed by atoms with van der Waals surface area (Å²) in [7, 11) is 0. The highest BCUT2D eigenvalue weighted by Gasteiger charge is 2.09. The zero-order chi connectivity index (χ0) is 10.6. The fourth-order valence-corrected chi connectivity index (χ4v) is 1.43. The van der Waals surface area contributed by atoms with Crippen LogP contribution in [0.5, 0.6) is 0 Å². The number of hydrazine groups is 1. The van der Waals surface area contributed by atoms with Gasteiger partial charge in [0.2, 0.25) is 0 Å². The summed E-state index contributed by atoms with van der Waals surface area (Å²) in [5.74, 6) is 7.89. The van der Waals surface area contributed by atoms with E-state index in [1.807, 2.05) is 6.07 Å². The Kier molecular flexibility index (Phi) is 4.24. The first-order valence-electron chi connectivity index (χ1n) is 4.03. The Labute approximate surface area is 93.4 Å². The second-order valence-corrected chi connectivity index (χ2v) is 3.62. The average Bonchev–Trinajstić information content (AvgIpc) is 2.19. The molecule has 0 saturated heterocycles. The van der Waals surface area contributed by atoms with E-state index in [9.17, 15) is 0 Å². The average molecular weight is 229 g/mol. The molecular formula is C10H10Cl2N2. The number of rotatable bonds is 3. The van der Waals surface area contributed by atoms with Crippen molar-refractivity contribution >= 4 is 23.2 Å². The largest absolute Gasteiger partial charge is 0.271 e. The van der Waals surface area contributed by atoms with Crippen molar-refractivity contribution in [2.24, 2.45) is 5.84 Å². The molecule has 1 aromatic rings. The Morgan fingerprint density at radius 1 is 1.43 bits per heavy atom. The molecule has 4 heteroatoms. The van der Waals surface area contributed by atoms with E-state index in [1.165, 1.54) is 0 Å². The number of terminal acetylenes is 1. The highest BCUT2D eigenvalue weighted by atomic mass is 35.5. The van der Waals surface area contributed by atoms with Gasteiger partial charge < -0.3 is 0 Å². The Morgan fingerprint density at radius 3 is 2.64 bits per heavy atom. The van der Waals surface area contributed by atoms with E-state index < -0.39 is 0 Å². The van der Waals surface area contributed by atoms with Gasteiger partial charge in [-0.2, -0.15) is 0 Å². The summed E-state index contributed by atoms with van der Waals surface area (Å²) in [6.45, 7) is 0. The van der Waals surface area contributed by atoms with Crippen LogP contribution in [-0.4, -0.2) is 0 Å². The van der Waals surface area contributed by atoms with Gasteiger partial charge in [0.05, 0.1) is 16.1 Å². The minimum atomic E-state index is -0.0882. The summed E-state index contributed by atoms with van der Waals surface area (Å²) in [5, 5.41) is 1.02. The van der Waals surface area contributed by atoms with Gasteiger partial charge in [0.1, 0.15) is 0 Å². The van der Waals surface area contributed by atoms with Gasteiger partial charge in [-0.3, -0.25) is 11.3 Å². The maximum absolute atomic E-state index is 5.86. The van der Waals surface area contributed by atoms with Crippen molar-refractivity contribution in [3.8, 4) is 12.3 Å². The standard InChI is InChI=1S/C10H10Cl2N2/c1-2-3-10(14-13)7-4-5-8(11)9(12)6-7/h1,4-6,10,14H,3,13H2. The van der Waals surface area contributed by atoms with E-state index in [0.29, 0.717) is 16.5 Å². The van der Waals surface area contributed by atoms with E-state index >= 15 is 0 Å². The van der Waals surface area contributed by atoms with Crippen LogP contribution in [-0.2, 0) is 0 Å². The van der Waals surface area contributed by atoms with Crippen molar-refractivity contribution in [3.05, 3.63) is 33.8 Å². The lowest BCUT2D eigenvalue weighted by Crippen LogP contribution is -2.27. The molecule has 1 aromatic carbocycles. The summed E-state index contributed by atoms with van der Waals surface area (Å²) in [4.78, 5) is 0. The highest BCUT2D eigenvalue weighted by Crippen LogP contribution is 2.26. The van der Waals surface area contributed by atoms with Crippen LogP contribution in [0.4, 0.5) is 0 Å². The third kappa shape index (κ3) is 2.63. The molecule has 0 aromatic heterocycles. The Morgan fingerprint density at radius 2 is 2.14 bits per heavy atom. The monoisotopic (exact) mass is 228 g/mol. The molecule has 0 saturated carbocycles. The first kappa shape index (κ1) is 11.4. The summed E-state index contributed by atoms with van der Waals surface area (Å²) in [6, 6.07) is 5.23. The van der Waals surface area contributed by atoms with Gasteiger partial charge in [-0.1, -0.05) is 29.3 Å². The topological polar surface area (TPSA) is 38.0 Å². The number of nitrogens with one attached hydrogen (secondary N) is 1. The van der Waals surface area contributed by atoms with Crippen molar-refractivity contribution < 1.29 is 0 Å². The molecule has 2 nitrogen and oxygen atoms in total. The molecule has 0 aliphatic rings. The molecule has 0 spiro atoms. The van der Waals surface area contributed by atoms with Gasteiger partial charge in [-0.05, 0) is 17.7 Å². The summed E-state index contributed by atoms with van der Waals surface area (Å²) >= 11 is 11.6. The van der Waals surface area contributed by atoms with Gasteiger partial charge in [0.25, 0.3) is 0 Å². The van der Waals surface area contributed by atoms with Crippen LogP contribution in [0.3, 0.4) is 0 Å².